The smallest absolute Gasteiger partial charge is 0.107 e. The minimum absolute atomic E-state index is 0.179. The van der Waals surface area contributed by atoms with Gasteiger partial charge in [0, 0.05) is 17.3 Å². The van der Waals surface area contributed by atoms with Crippen LogP contribution in [0.2, 0.25) is 0 Å². The molecule has 0 radical (unpaired) electrons. The monoisotopic (exact) mass is 226 g/mol. The van der Waals surface area contributed by atoms with Crippen LogP contribution >= 0.6 is 11.3 Å². The molecule has 0 bridgehead atoms. The predicted octanol–water partition coefficient (Wildman–Crippen LogP) is 3.33. The Hall–Kier alpha value is -0.410. The lowest BCUT2D eigenvalue weighted by Gasteiger charge is -2.14. The van der Waals surface area contributed by atoms with Crippen LogP contribution in [0.15, 0.2) is 5.38 Å². The van der Waals surface area contributed by atoms with Crippen molar-refractivity contribution in [2.24, 2.45) is 0 Å². The van der Waals surface area contributed by atoms with Crippen LogP contribution in [0, 0.1) is 0 Å². The van der Waals surface area contributed by atoms with E-state index in [1.54, 1.807) is 11.3 Å². The molecule has 1 heterocycles. The second kappa shape index (κ2) is 5.61. The summed E-state index contributed by atoms with van der Waals surface area (Å²) in [6.07, 6.45) is 2.50. The molecule has 0 fully saturated rings. The topological polar surface area (TPSA) is 24.9 Å². The highest BCUT2D eigenvalue weighted by molar-refractivity contribution is 7.09. The maximum atomic E-state index is 4.64. The van der Waals surface area contributed by atoms with Gasteiger partial charge >= 0.3 is 0 Å². The molecule has 0 aromatic carbocycles. The number of nitrogens with one attached hydrogen (secondary N) is 1. The van der Waals surface area contributed by atoms with Gasteiger partial charge in [-0.15, -0.1) is 11.3 Å². The molecule has 1 aromatic rings. The summed E-state index contributed by atoms with van der Waals surface area (Å²) in [6, 6.07) is 0. The van der Waals surface area contributed by atoms with Crippen molar-refractivity contribution in [2.75, 3.05) is 6.54 Å². The summed E-state index contributed by atoms with van der Waals surface area (Å²) in [7, 11) is 0. The van der Waals surface area contributed by atoms with Crippen molar-refractivity contribution in [3.63, 3.8) is 0 Å². The van der Waals surface area contributed by atoms with Gasteiger partial charge in [0.15, 0.2) is 0 Å². The van der Waals surface area contributed by atoms with E-state index in [4.69, 9.17) is 0 Å². The average molecular weight is 226 g/mol. The molecule has 0 amide bonds. The fraction of sp³-hybridized carbons (Fsp3) is 0.750. The van der Waals surface area contributed by atoms with Gasteiger partial charge in [0.05, 0.1) is 5.69 Å². The second-order valence-corrected chi connectivity index (χ2v) is 5.85. The molecule has 0 saturated heterocycles. The third-order valence-corrected chi connectivity index (χ3v) is 3.15. The Kier molecular flexibility index (Phi) is 4.74. The lowest BCUT2D eigenvalue weighted by Crippen LogP contribution is -2.15. The van der Waals surface area contributed by atoms with Crippen LogP contribution < -0.4 is 5.32 Å². The summed E-state index contributed by atoms with van der Waals surface area (Å²) in [5, 5.41) is 6.80. The van der Waals surface area contributed by atoms with E-state index in [1.165, 1.54) is 23.5 Å². The van der Waals surface area contributed by atoms with Gasteiger partial charge in [-0.3, -0.25) is 0 Å². The van der Waals surface area contributed by atoms with Crippen LogP contribution in [0.5, 0.6) is 0 Å². The fourth-order valence-corrected chi connectivity index (χ4v) is 2.22. The van der Waals surface area contributed by atoms with Gasteiger partial charge < -0.3 is 5.32 Å². The first-order valence-corrected chi connectivity index (χ1v) is 6.57. The summed E-state index contributed by atoms with van der Waals surface area (Å²) in [5.74, 6) is 0. The third kappa shape index (κ3) is 4.31. The van der Waals surface area contributed by atoms with Gasteiger partial charge in [0.25, 0.3) is 0 Å². The molecule has 0 atom stereocenters. The molecule has 0 unspecified atom stereocenters. The number of aromatic nitrogens is 1. The van der Waals surface area contributed by atoms with Crippen molar-refractivity contribution < 1.29 is 0 Å². The van der Waals surface area contributed by atoms with Gasteiger partial charge in [0.1, 0.15) is 5.01 Å². The Balaban J connectivity index is 2.40. The van der Waals surface area contributed by atoms with Crippen LogP contribution in [0.1, 0.15) is 51.2 Å². The van der Waals surface area contributed by atoms with E-state index in [1.807, 2.05) is 0 Å². The van der Waals surface area contributed by atoms with Crippen LogP contribution in [-0.2, 0) is 12.0 Å². The number of hydrogen-bond acceptors (Lipinski definition) is 3. The van der Waals surface area contributed by atoms with Gasteiger partial charge in [-0.05, 0) is 13.0 Å². The maximum Gasteiger partial charge on any atom is 0.107 e. The molecule has 0 spiro atoms. The number of thiazole rings is 1. The van der Waals surface area contributed by atoms with E-state index < -0.39 is 0 Å². The highest BCUT2D eigenvalue weighted by Gasteiger charge is 2.16. The summed E-state index contributed by atoms with van der Waals surface area (Å²) in [4.78, 5) is 4.64. The van der Waals surface area contributed by atoms with Crippen molar-refractivity contribution in [1.82, 2.24) is 10.3 Å². The van der Waals surface area contributed by atoms with Crippen LogP contribution in [-0.4, -0.2) is 11.5 Å². The van der Waals surface area contributed by atoms with Crippen molar-refractivity contribution in [1.29, 1.82) is 0 Å². The molecule has 1 aromatic heterocycles. The second-order valence-electron chi connectivity index (χ2n) is 4.91. The molecular weight excluding hydrogens is 204 g/mol. The Labute approximate surface area is 97.1 Å². The normalized spacial score (nSPS) is 12.0. The van der Waals surface area contributed by atoms with Crippen molar-refractivity contribution >= 4 is 11.3 Å². The molecule has 0 aliphatic carbocycles. The van der Waals surface area contributed by atoms with E-state index in [-0.39, 0.29) is 5.41 Å². The van der Waals surface area contributed by atoms with Crippen molar-refractivity contribution in [3.05, 3.63) is 16.1 Å². The zero-order valence-electron chi connectivity index (χ0n) is 10.3. The van der Waals surface area contributed by atoms with Crippen LogP contribution in [0.25, 0.3) is 0 Å². The number of unbranched alkanes of at least 4 members (excludes halogenated alkanes) is 1. The third-order valence-electron chi connectivity index (χ3n) is 2.30. The fourth-order valence-electron chi connectivity index (χ4n) is 1.23. The molecule has 0 aliphatic heterocycles. The number of hydrogen-bond donors (Lipinski definition) is 1. The molecule has 2 nitrogen and oxygen atoms in total. The van der Waals surface area contributed by atoms with Gasteiger partial charge in [-0.2, -0.15) is 0 Å². The first-order chi connectivity index (χ1) is 7.04. The van der Waals surface area contributed by atoms with Crippen molar-refractivity contribution in [3.8, 4) is 0 Å². The molecule has 1 rings (SSSR count). The molecular formula is C12H22N2S. The predicted molar refractivity (Wildman–Crippen MR) is 67.4 cm³/mol. The Morgan fingerprint density at radius 2 is 2.13 bits per heavy atom. The summed E-state index contributed by atoms with van der Waals surface area (Å²) in [5.41, 5.74) is 1.39. The quantitative estimate of drug-likeness (QED) is 0.779. The first kappa shape index (κ1) is 12.7. The highest BCUT2D eigenvalue weighted by Crippen LogP contribution is 2.23. The minimum atomic E-state index is 0.179. The Morgan fingerprint density at radius 3 is 2.67 bits per heavy atom. The molecule has 1 N–H and O–H groups in total. The zero-order valence-corrected chi connectivity index (χ0v) is 11.1. The van der Waals surface area contributed by atoms with E-state index >= 15 is 0 Å². The average Bonchev–Trinajstić information content (AvgIpc) is 2.60. The molecule has 15 heavy (non-hydrogen) atoms. The van der Waals surface area contributed by atoms with Crippen LogP contribution in [0.4, 0.5) is 0 Å². The number of rotatable bonds is 5. The molecule has 0 saturated carbocycles. The number of nitrogens with zero attached hydrogens (tertiary/aromatic N) is 1. The largest absolute Gasteiger partial charge is 0.310 e. The van der Waals surface area contributed by atoms with Crippen LogP contribution in [0.3, 0.4) is 0 Å². The highest BCUT2D eigenvalue weighted by atomic mass is 32.1. The van der Waals surface area contributed by atoms with Gasteiger partial charge in [-0.25, -0.2) is 4.98 Å². The maximum absolute atomic E-state index is 4.64. The lowest BCUT2D eigenvalue weighted by atomic mass is 9.93. The Morgan fingerprint density at radius 1 is 1.40 bits per heavy atom. The van der Waals surface area contributed by atoms with E-state index in [0.29, 0.717) is 0 Å². The summed E-state index contributed by atoms with van der Waals surface area (Å²) >= 11 is 1.76. The van der Waals surface area contributed by atoms with E-state index in [9.17, 15) is 0 Å². The SMILES string of the molecule is CCCCNCc1nc(C(C)(C)C)cs1. The lowest BCUT2D eigenvalue weighted by molar-refractivity contribution is 0.567. The van der Waals surface area contributed by atoms with Crippen molar-refractivity contribution in [2.45, 2.75) is 52.5 Å². The minimum Gasteiger partial charge on any atom is -0.310 e. The van der Waals surface area contributed by atoms with Gasteiger partial charge in [-0.1, -0.05) is 34.1 Å². The molecule has 86 valence electrons. The zero-order chi connectivity index (χ0) is 11.3. The standard InChI is InChI=1S/C12H22N2S/c1-5-6-7-13-8-11-14-10(9-15-11)12(2,3)4/h9,13H,5-8H2,1-4H3. The first-order valence-electron chi connectivity index (χ1n) is 5.69. The summed E-state index contributed by atoms with van der Waals surface area (Å²) in [6.45, 7) is 10.8. The molecule has 3 heteroatoms. The summed E-state index contributed by atoms with van der Waals surface area (Å²) < 4.78 is 0. The molecule has 0 aliphatic rings. The Bertz CT molecular complexity index is 286. The van der Waals surface area contributed by atoms with Gasteiger partial charge in [0.2, 0.25) is 0 Å². The van der Waals surface area contributed by atoms with E-state index in [2.05, 4.69) is 43.4 Å². The van der Waals surface area contributed by atoms with E-state index in [0.717, 1.165) is 13.1 Å².